The Hall–Kier alpha value is -3.23. The Morgan fingerprint density at radius 3 is 2.68 bits per heavy atom. The summed E-state index contributed by atoms with van der Waals surface area (Å²) in [6.07, 6.45) is 4.09. The highest BCUT2D eigenvalue weighted by atomic mass is 32.1. The third-order valence-electron chi connectivity index (χ3n) is 6.78. The van der Waals surface area contributed by atoms with Gasteiger partial charge < -0.3 is 24.6 Å². The summed E-state index contributed by atoms with van der Waals surface area (Å²) in [7, 11) is 0. The maximum Gasteiger partial charge on any atom is 0.335 e. The minimum Gasteiger partial charge on any atom is -0.478 e. The molecule has 2 fully saturated rings. The number of pyridine rings is 1. The molecule has 0 bridgehead atoms. The molecule has 5 rings (SSSR count). The van der Waals surface area contributed by atoms with Gasteiger partial charge in [0.15, 0.2) is 5.11 Å². The molecule has 3 atom stereocenters. The van der Waals surface area contributed by atoms with Gasteiger partial charge >= 0.3 is 5.97 Å². The highest BCUT2D eigenvalue weighted by Crippen LogP contribution is 2.42. The van der Waals surface area contributed by atoms with E-state index < -0.39 is 5.97 Å². The smallest absolute Gasteiger partial charge is 0.335 e. The molecule has 0 unspecified atom stereocenters. The van der Waals surface area contributed by atoms with Gasteiger partial charge in [-0.15, -0.1) is 0 Å². The molecule has 0 spiro atoms. The first-order valence-corrected chi connectivity index (χ1v) is 12.0. The normalized spacial score (nSPS) is 22.2. The van der Waals surface area contributed by atoms with Gasteiger partial charge in [-0.05, 0) is 86.9 Å². The lowest BCUT2D eigenvalue weighted by Crippen LogP contribution is -2.36. The molecule has 2 N–H and O–H groups in total. The summed E-state index contributed by atoms with van der Waals surface area (Å²) in [5, 5.41) is 13.5. The van der Waals surface area contributed by atoms with Crippen LogP contribution >= 0.6 is 12.2 Å². The van der Waals surface area contributed by atoms with E-state index in [-0.39, 0.29) is 23.8 Å². The summed E-state index contributed by atoms with van der Waals surface area (Å²) < 4.78 is 8.12. The van der Waals surface area contributed by atoms with E-state index in [1.165, 1.54) is 5.56 Å². The van der Waals surface area contributed by atoms with Gasteiger partial charge in [-0.25, -0.2) is 4.79 Å². The number of nitrogens with one attached hydrogen (secondary N) is 1. The number of aryl methyl sites for hydroxylation is 1. The monoisotopic (exact) mass is 476 g/mol. The highest BCUT2D eigenvalue weighted by molar-refractivity contribution is 7.80. The fourth-order valence-corrected chi connectivity index (χ4v) is 5.50. The lowest BCUT2D eigenvalue weighted by Gasteiger charge is -2.30. The van der Waals surface area contributed by atoms with Crippen molar-refractivity contribution in [1.29, 1.82) is 0 Å². The van der Waals surface area contributed by atoms with E-state index in [4.69, 9.17) is 17.0 Å². The molecule has 2 aliphatic rings. The number of nitrogens with zero attached hydrogens (tertiary/aromatic N) is 3. The average molecular weight is 477 g/mol. The van der Waals surface area contributed by atoms with Crippen molar-refractivity contribution in [1.82, 2.24) is 19.8 Å². The second-order valence-corrected chi connectivity index (χ2v) is 9.31. The number of hydrogen-bond donors (Lipinski definition) is 2. The van der Waals surface area contributed by atoms with Crippen LogP contribution < -0.4 is 5.32 Å². The SMILES string of the molecule is Cc1cc([C@@H]2[C@H](c3ccccn3)NC(=S)N2C[C@H]2CCCO2)c(C)n1-c1ccc(C(=O)O)cc1. The van der Waals surface area contributed by atoms with Gasteiger partial charge in [-0.3, -0.25) is 4.98 Å². The Labute approximate surface area is 204 Å². The second-order valence-electron chi connectivity index (χ2n) is 8.93. The molecule has 0 radical (unpaired) electrons. The average Bonchev–Trinajstić information content (AvgIpc) is 3.54. The summed E-state index contributed by atoms with van der Waals surface area (Å²) in [6.45, 7) is 5.71. The molecule has 34 heavy (non-hydrogen) atoms. The van der Waals surface area contributed by atoms with Crippen molar-refractivity contribution in [2.45, 2.75) is 44.9 Å². The van der Waals surface area contributed by atoms with Crippen LogP contribution in [-0.2, 0) is 4.74 Å². The first-order chi connectivity index (χ1) is 16.4. The zero-order valence-electron chi connectivity index (χ0n) is 19.3. The third-order valence-corrected chi connectivity index (χ3v) is 7.14. The molecule has 176 valence electrons. The zero-order chi connectivity index (χ0) is 23.8. The van der Waals surface area contributed by atoms with E-state index >= 15 is 0 Å². The molecule has 2 aliphatic heterocycles. The van der Waals surface area contributed by atoms with E-state index in [1.807, 2.05) is 36.5 Å². The summed E-state index contributed by atoms with van der Waals surface area (Å²) in [5.41, 5.74) is 5.48. The van der Waals surface area contributed by atoms with Crippen molar-refractivity contribution in [3.05, 3.63) is 82.9 Å². The minimum absolute atomic E-state index is 0.0372. The quantitative estimate of drug-likeness (QED) is 0.513. The largest absolute Gasteiger partial charge is 0.478 e. The van der Waals surface area contributed by atoms with Gasteiger partial charge in [0.2, 0.25) is 0 Å². The van der Waals surface area contributed by atoms with Crippen LogP contribution in [0, 0.1) is 13.8 Å². The number of rotatable bonds is 6. The standard InChI is InChI=1S/C26H28N4O3S/c1-16-14-21(17(2)30(16)19-10-8-18(9-11-19)25(31)32)24-23(22-7-3-4-12-27-22)28-26(34)29(24)15-20-6-5-13-33-20/h3-4,7-12,14,20,23-24H,5-6,13,15H2,1-2H3,(H,28,34)(H,31,32)/t20-,23+,24-/m1/s1. The molecule has 0 saturated carbocycles. The second kappa shape index (κ2) is 9.19. The summed E-state index contributed by atoms with van der Waals surface area (Å²) >= 11 is 5.81. The Balaban J connectivity index is 1.57. The molecule has 1 aromatic carbocycles. The van der Waals surface area contributed by atoms with Gasteiger partial charge in [0.25, 0.3) is 0 Å². The molecular formula is C26H28N4O3S. The maximum atomic E-state index is 11.3. The number of ether oxygens (including phenoxy) is 1. The third kappa shape index (κ3) is 4.08. The van der Waals surface area contributed by atoms with Crippen molar-refractivity contribution in [3.63, 3.8) is 0 Å². The fraction of sp³-hybridized carbons (Fsp3) is 0.346. The molecule has 7 nitrogen and oxygen atoms in total. The van der Waals surface area contributed by atoms with E-state index in [0.717, 1.165) is 48.8 Å². The van der Waals surface area contributed by atoms with Crippen LogP contribution in [0.15, 0.2) is 54.7 Å². The van der Waals surface area contributed by atoms with Crippen LogP contribution in [-0.4, -0.2) is 49.9 Å². The number of benzene rings is 1. The topological polar surface area (TPSA) is 79.6 Å². The lowest BCUT2D eigenvalue weighted by atomic mass is 9.96. The van der Waals surface area contributed by atoms with E-state index in [1.54, 1.807) is 12.1 Å². The van der Waals surface area contributed by atoms with Gasteiger partial charge in [-0.1, -0.05) is 6.07 Å². The van der Waals surface area contributed by atoms with Crippen LogP contribution in [0.3, 0.4) is 0 Å². The highest BCUT2D eigenvalue weighted by Gasteiger charge is 2.42. The molecule has 4 heterocycles. The van der Waals surface area contributed by atoms with Crippen molar-refractivity contribution in [2.75, 3.05) is 13.2 Å². The Morgan fingerprint density at radius 1 is 1.24 bits per heavy atom. The number of carboxylic acid groups (broad SMARTS) is 1. The predicted octanol–water partition coefficient (Wildman–Crippen LogP) is 4.34. The van der Waals surface area contributed by atoms with E-state index in [2.05, 4.69) is 39.7 Å². The van der Waals surface area contributed by atoms with E-state index in [0.29, 0.717) is 5.11 Å². The molecule has 2 saturated heterocycles. The molecular weight excluding hydrogens is 448 g/mol. The zero-order valence-corrected chi connectivity index (χ0v) is 20.1. The van der Waals surface area contributed by atoms with Crippen molar-refractivity contribution < 1.29 is 14.6 Å². The molecule has 0 amide bonds. The summed E-state index contributed by atoms with van der Waals surface area (Å²) in [6, 6.07) is 15.0. The Morgan fingerprint density at radius 2 is 2.03 bits per heavy atom. The van der Waals surface area contributed by atoms with Crippen LogP contribution in [0.25, 0.3) is 5.69 Å². The number of aromatic nitrogens is 2. The fourth-order valence-electron chi connectivity index (χ4n) is 5.19. The van der Waals surface area contributed by atoms with Crippen molar-refractivity contribution >= 4 is 23.3 Å². The van der Waals surface area contributed by atoms with Gasteiger partial charge in [0, 0.05) is 36.4 Å². The molecule has 0 aliphatic carbocycles. The Kier molecular flexibility index (Phi) is 6.10. The molecule has 2 aromatic heterocycles. The Bertz CT molecular complexity index is 1200. The van der Waals surface area contributed by atoms with E-state index in [9.17, 15) is 9.90 Å². The van der Waals surface area contributed by atoms with Gasteiger partial charge in [0.05, 0.1) is 29.4 Å². The van der Waals surface area contributed by atoms with Crippen molar-refractivity contribution in [2.24, 2.45) is 0 Å². The van der Waals surface area contributed by atoms with Gasteiger partial charge in [-0.2, -0.15) is 0 Å². The molecule has 8 heteroatoms. The number of carbonyl (C=O) groups is 1. The maximum absolute atomic E-state index is 11.3. The van der Waals surface area contributed by atoms with Crippen molar-refractivity contribution in [3.8, 4) is 5.69 Å². The molecule has 3 aromatic rings. The number of thiocarbonyl (C=S) groups is 1. The summed E-state index contributed by atoms with van der Waals surface area (Å²) in [5.74, 6) is -0.929. The van der Waals surface area contributed by atoms with Crippen LogP contribution in [0.4, 0.5) is 0 Å². The summed E-state index contributed by atoms with van der Waals surface area (Å²) in [4.78, 5) is 18.2. The lowest BCUT2D eigenvalue weighted by molar-refractivity contribution is 0.0697. The first kappa shape index (κ1) is 22.6. The number of hydrogen-bond acceptors (Lipinski definition) is 4. The number of carboxylic acids is 1. The van der Waals surface area contributed by atoms with Crippen LogP contribution in [0.1, 0.15) is 57.9 Å². The van der Waals surface area contributed by atoms with Crippen LogP contribution in [0.5, 0.6) is 0 Å². The van der Waals surface area contributed by atoms with Gasteiger partial charge in [0.1, 0.15) is 0 Å². The van der Waals surface area contributed by atoms with Crippen LogP contribution in [0.2, 0.25) is 0 Å². The minimum atomic E-state index is -0.929. The number of aromatic carboxylic acids is 1. The first-order valence-electron chi connectivity index (χ1n) is 11.6. The predicted molar refractivity (Wildman–Crippen MR) is 133 cm³/mol.